The highest BCUT2D eigenvalue weighted by Gasteiger charge is 2.30. The highest BCUT2D eigenvalue weighted by molar-refractivity contribution is 7.99. The van der Waals surface area contributed by atoms with Crippen LogP contribution < -0.4 is 10.1 Å². The van der Waals surface area contributed by atoms with Crippen molar-refractivity contribution in [3.05, 3.63) is 64.2 Å². The normalized spacial score (nSPS) is 14.5. The standard InChI is InChI=1S/C22H23N5O3S/c1-2-3-4-9-14-31-22-24-21-19(25-26-22)15-10-5-7-12-17(15)23-20(30-21)16-11-6-8-13-18(16)27(28)29/h5-8,10-13,20,23H,2-4,9,14H2,1H3/t20-/m0/s1. The molecule has 1 aromatic heterocycles. The minimum atomic E-state index is -0.789. The van der Waals surface area contributed by atoms with Crippen LogP contribution in [-0.2, 0) is 0 Å². The average Bonchev–Trinajstić information content (AvgIpc) is 2.95. The molecule has 0 saturated carbocycles. The van der Waals surface area contributed by atoms with E-state index in [-0.39, 0.29) is 5.69 Å². The van der Waals surface area contributed by atoms with Crippen molar-refractivity contribution >= 4 is 23.1 Å². The summed E-state index contributed by atoms with van der Waals surface area (Å²) >= 11 is 1.54. The molecule has 0 bridgehead atoms. The fraction of sp³-hybridized carbons (Fsp3) is 0.318. The van der Waals surface area contributed by atoms with Gasteiger partial charge in [-0.05, 0) is 18.6 Å². The molecule has 0 saturated heterocycles. The number of aromatic nitrogens is 3. The number of unbranched alkanes of at least 4 members (excludes halogenated alkanes) is 3. The number of rotatable bonds is 8. The molecule has 4 rings (SSSR count). The lowest BCUT2D eigenvalue weighted by atomic mass is 10.1. The molecule has 160 valence electrons. The number of nitro benzene ring substituents is 1. The fourth-order valence-electron chi connectivity index (χ4n) is 3.42. The predicted octanol–water partition coefficient (Wildman–Crippen LogP) is 5.62. The van der Waals surface area contributed by atoms with Crippen LogP contribution in [-0.4, -0.2) is 25.9 Å². The molecule has 1 aliphatic rings. The highest BCUT2D eigenvalue weighted by Crippen LogP contribution is 2.40. The molecule has 2 aromatic carbocycles. The number of nitrogens with one attached hydrogen (secondary N) is 1. The zero-order valence-electron chi connectivity index (χ0n) is 17.2. The van der Waals surface area contributed by atoms with Gasteiger partial charge in [0.2, 0.25) is 17.3 Å². The maximum absolute atomic E-state index is 11.6. The molecule has 1 aliphatic heterocycles. The third-order valence-corrected chi connectivity index (χ3v) is 5.90. The van der Waals surface area contributed by atoms with Crippen molar-refractivity contribution < 1.29 is 9.66 Å². The second kappa shape index (κ2) is 9.74. The van der Waals surface area contributed by atoms with Crippen LogP contribution in [0.2, 0.25) is 0 Å². The van der Waals surface area contributed by atoms with E-state index in [1.54, 1.807) is 30.0 Å². The summed E-state index contributed by atoms with van der Waals surface area (Å²) in [6.45, 7) is 2.18. The maximum atomic E-state index is 11.6. The van der Waals surface area contributed by atoms with Gasteiger partial charge in [0.1, 0.15) is 0 Å². The van der Waals surface area contributed by atoms with Gasteiger partial charge in [-0.2, -0.15) is 4.98 Å². The van der Waals surface area contributed by atoms with Crippen LogP contribution in [0.25, 0.3) is 11.3 Å². The number of para-hydroxylation sites is 2. The maximum Gasteiger partial charge on any atom is 0.278 e. The van der Waals surface area contributed by atoms with Crippen LogP contribution in [0.1, 0.15) is 44.4 Å². The summed E-state index contributed by atoms with van der Waals surface area (Å²) in [6, 6.07) is 14.1. The van der Waals surface area contributed by atoms with E-state index < -0.39 is 11.2 Å². The van der Waals surface area contributed by atoms with Crippen LogP contribution in [0.15, 0.2) is 53.7 Å². The summed E-state index contributed by atoms with van der Waals surface area (Å²) in [5.74, 6) is 1.22. The van der Waals surface area contributed by atoms with Crippen molar-refractivity contribution in [3.63, 3.8) is 0 Å². The molecule has 0 fully saturated rings. The molecule has 1 atom stereocenters. The van der Waals surface area contributed by atoms with Crippen molar-refractivity contribution in [3.8, 4) is 17.1 Å². The smallest absolute Gasteiger partial charge is 0.278 e. The summed E-state index contributed by atoms with van der Waals surface area (Å²) in [7, 11) is 0. The van der Waals surface area contributed by atoms with E-state index in [9.17, 15) is 10.1 Å². The number of hydrogen-bond acceptors (Lipinski definition) is 8. The second-order valence-electron chi connectivity index (χ2n) is 7.16. The molecule has 3 aromatic rings. The molecule has 0 unspecified atom stereocenters. The number of nitrogens with zero attached hydrogens (tertiary/aromatic N) is 4. The van der Waals surface area contributed by atoms with Gasteiger partial charge >= 0.3 is 0 Å². The van der Waals surface area contributed by atoms with Gasteiger partial charge in [-0.25, -0.2) is 0 Å². The molecule has 31 heavy (non-hydrogen) atoms. The first-order chi connectivity index (χ1) is 15.2. The molecule has 1 N–H and O–H groups in total. The number of benzene rings is 2. The first-order valence-electron chi connectivity index (χ1n) is 10.3. The molecular weight excluding hydrogens is 414 g/mol. The molecule has 0 amide bonds. The fourth-order valence-corrected chi connectivity index (χ4v) is 4.19. The number of thioether (sulfide) groups is 1. The SMILES string of the molecule is CCCCCCSc1nnc2c(n1)O[C@@H](c1ccccc1[N+](=O)[O-])Nc1ccccc1-2. The molecular formula is C22H23N5O3S. The Kier molecular flexibility index (Phi) is 6.61. The van der Waals surface area contributed by atoms with E-state index in [1.165, 1.54) is 25.3 Å². The Morgan fingerprint density at radius 3 is 2.74 bits per heavy atom. The molecule has 2 heterocycles. The van der Waals surface area contributed by atoms with Gasteiger partial charge in [0.25, 0.3) is 5.69 Å². The Hall–Kier alpha value is -3.20. The largest absolute Gasteiger partial charge is 0.447 e. The molecule has 9 heteroatoms. The minimum Gasteiger partial charge on any atom is -0.447 e. The number of anilines is 1. The first kappa shape index (κ1) is 21.0. The van der Waals surface area contributed by atoms with E-state index in [0.717, 1.165) is 23.4 Å². The van der Waals surface area contributed by atoms with Crippen LogP contribution in [0.5, 0.6) is 5.88 Å². The van der Waals surface area contributed by atoms with Gasteiger partial charge in [-0.1, -0.05) is 68.3 Å². The van der Waals surface area contributed by atoms with Gasteiger partial charge in [0.05, 0.1) is 10.5 Å². The molecule has 0 radical (unpaired) electrons. The Labute approximate surface area is 184 Å². The molecule has 0 aliphatic carbocycles. The first-order valence-corrected chi connectivity index (χ1v) is 11.3. The molecule has 8 nitrogen and oxygen atoms in total. The minimum absolute atomic E-state index is 0.0199. The topological polar surface area (TPSA) is 103 Å². The van der Waals surface area contributed by atoms with Gasteiger partial charge in [-0.3, -0.25) is 10.1 Å². The van der Waals surface area contributed by atoms with E-state index in [2.05, 4.69) is 27.4 Å². The summed E-state index contributed by atoms with van der Waals surface area (Å²) in [5.41, 5.74) is 2.45. The second-order valence-corrected chi connectivity index (χ2v) is 8.22. The number of nitro groups is 1. The predicted molar refractivity (Wildman–Crippen MR) is 120 cm³/mol. The van der Waals surface area contributed by atoms with Gasteiger partial charge in [-0.15, -0.1) is 10.2 Å². The van der Waals surface area contributed by atoms with Crippen molar-refractivity contribution in [2.75, 3.05) is 11.1 Å². The summed E-state index contributed by atoms with van der Waals surface area (Å²) in [6.07, 6.45) is 3.88. The van der Waals surface area contributed by atoms with Crippen molar-refractivity contribution in [1.82, 2.24) is 15.2 Å². The number of fused-ring (bicyclic) bond motifs is 3. The number of ether oxygens (including phenoxy) is 1. The van der Waals surface area contributed by atoms with Gasteiger partial charge in [0, 0.05) is 23.1 Å². The highest BCUT2D eigenvalue weighted by atomic mass is 32.2. The third kappa shape index (κ3) is 4.77. The average molecular weight is 438 g/mol. The van der Waals surface area contributed by atoms with E-state index in [0.29, 0.717) is 22.3 Å². The zero-order chi connectivity index (χ0) is 21.6. The number of hydrogen-bond donors (Lipinski definition) is 1. The zero-order valence-corrected chi connectivity index (χ0v) is 18.0. The van der Waals surface area contributed by atoms with Crippen LogP contribution >= 0.6 is 11.8 Å². The van der Waals surface area contributed by atoms with Crippen molar-refractivity contribution in [1.29, 1.82) is 0 Å². The monoisotopic (exact) mass is 437 g/mol. The van der Waals surface area contributed by atoms with Crippen LogP contribution in [0.4, 0.5) is 11.4 Å². The van der Waals surface area contributed by atoms with E-state index in [1.807, 2.05) is 24.3 Å². The lowest BCUT2D eigenvalue weighted by molar-refractivity contribution is -0.386. The lowest BCUT2D eigenvalue weighted by Gasteiger charge is -2.19. The van der Waals surface area contributed by atoms with Crippen molar-refractivity contribution in [2.45, 2.75) is 44.0 Å². The summed E-state index contributed by atoms with van der Waals surface area (Å²) < 4.78 is 6.16. The quantitative estimate of drug-likeness (QED) is 0.209. The molecule has 0 spiro atoms. The Morgan fingerprint density at radius 2 is 1.90 bits per heavy atom. The van der Waals surface area contributed by atoms with E-state index in [4.69, 9.17) is 4.74 Å². The third-order valence-electron chi connectivity index (χ3n) is 4.98. The Balaban J connectivity index is 1.68. The Morgan fingerprint density at radius 1 is 1.10 bits per heavy atom. The lowest BCUT2D eigenvalue weighted by Crippen LogP contribution is -2.18. The van der Waals surface area contributed by atoms with Gasteiger partial charge in [0.15, 0.2) is 5.69 Å². The van der Waals surface area contributed by atoms with Crippen LogP contribution in [0.3, 0.4) is 0 Å². The summed E-state index contributed by atoms with van der Waals surface area (Å²) in [5, 5.41) is 24.0. The van der Waals surface area contributed by atoms with Crippen LogP contribution in [0, 0.1) is 10.1 Å². The summed E-state index contributed by atoms with van der Waals surface area (Å²) in [4.78, 5) is 15.8. The van der Waals surface area contributed by atoms with Crippen molar-refractivity contribution in [2.24, 2.45) is 0 Å². The van der Waals surface area contributed by atoms with E-state index >= 15 is 0 Å². The van der Waals surface area contributed by atoms with Gasteiger partial charge < -0.3 is 10.1 Å². The Bertz CT molecular complexity index is 1080.